The largest absolute Gasteiger partial charge is 0.451 e. The van der Waals surface area contributed by atoms with Crippen LogP contribution in [0.3, 0.4) is 0 Å². The molecule has 0 spiro atoms. The number of benzene rings is 1. The molecule has 148 valence electrons. The number of aryl methyl sites for hydroxylation is 1. The zero-order valence-electron chi connectivity index (χ0n) is 16.2. The van der Waals surface area contributed by atoms with E-state index in [2.05, 4.69) is 4.98 Å². The first kappa shape index (κ1) is 19.1. The van der Waals surface area contributed by atoms with Gasteiger partial charge in [0.25, 0.3) is 5.91 Å². The van der Waals surface area contributed by atoms with Gasteiger partial charge in [-0.05, 0) is 38.5 Å². The first-order chi connectivity index (χ1) is 13.6. The van der Waals surface area contributed by atoms with Crippen LogP contribution in [0.5, 0.6) is 0 Å². The Balaban J connectivity index is 1.35. The number of ether oxygens (including phenoxy) is 1. The summed E-state index contributed by atoms with van der Waals surface area (Å²) in [6.45, 7) is 2.62. The second-order valence-electron chi connectivity index (χ2n) is 7.82. The Labute approximate surface area is 169 Å². The van der Waals surface area contributed by atoms with Crippen molar-refractivity contribution in [3.8, 4) is 10.6 Å². The summed E-state index contributed by atoms with van der Waals surface area (Å²) < 4.78 is 5.31. The summed E-state index contributed by atoms with van der Waals surface area (Å²) in [7, 11) is 0. The number of hydrogen-bond donors (Lipinski definition) is 0. The van der Waals surface area contributed by atoms with Gasteiger partial charge < -0.3 is 9.64 Å². The van der Waals surface area contributed by atoms with Gasteiger partial charge in [0, 0.05) is 23.5 Å². The summed E-state index contributed by atoms with van der Waals surface area (Å²) >= 11 is 1.41. The van der Waals surface area contributed by atoms with E-state index in [4.69, 9.17) is 4.74 Å². The molecule has 1 aliphatic heterocycles. The van der Waals surface area contributed by atoms with Crippen LogP contribution < -0.4 is 0 Å². The van der Waals surface area contributed by atoms with Gasteiger partial charge in [0.15, 0.2) is 12.3 Å². The van der Waals surface area contributed by atoms with Crippen molar-refractivity contribution < 1.29 is 14.3 Å². The fourth-order valence-corrected chi connectivity index (χ4v) is 5.21. The molecule has 0 unspecified atom stereocenters. The van der Waals surface area contributed by atoms with Crippen molar-refractivity contribution in [2.24, 2.45) is 5.92 Å². The van der Waals surface area contributed by atoms with Crippen LogP contribution in [0.25, 0.3) is 10.6 Å². The van der Waals surface area contributed by atoms with Gasteiger partial charge in [0.1, 0.15) is 5.01 Å². The second-order valence-corrected chi connectivity index (χ2v) is 8.68. The van der Waals surface area contributed by atoms with Crippen LogP contribution >= 0.6 is 11.3 Å². The number of fused-ring (bicyclic) bond motifs is 1. The summed E-state index contributed by atoms with van der Waals surface area (Å²) in [5.74, 6) is 0.0249. The molecule has 2 heterocycles. The fourth-order valence-electron chi connectivity index (χ4n) is 4.41. The van der Waals surface area contributed by atoms with E-state index in [1.165, 1.54) is 42.6 Å². The number of carbonyl (C=O) groups is 2. The molecule has 28 heavy (non-hydrogen) atoms. The molecule has 0 N–H and O–H groups in total. The van der Waals surface area contributed by atoms with Crippen LogP contribution in [-0.4, -0.2) is 41.0 Å². The number of rotatable bonds is 4. The van der Waals surface area contributed by atoms with E-state index in [-0.39, 0.29) is 18.2 Å². The SMILES string of the molecule is Cc1ccc(-c2nc(C(=O)OCC(=O)N3CCC[C@@H]4CCCC[C@H]43)cs2)cc1. The molecule has 1 aromatic carbocycles. The lowest BCUT2D eigenvalue weighted by Gasteiger charge is -2.44. The average molecular weight is 399 g/mol. The predicted octanol–water partition coefficient (Wildman–Crippen LogP) is 4.46. The minimum atomic E-state index is -0.528. The molecule has 5 nitrogen and oxygen atoms in total. The van der Waals surface area contributed by atoms with Gasteiger partial charge in [-0.1, -0.05) is 42.7 Å². The molecule has 1 saturated heterocycles. The van der Waals surface area contributed by atoms with E-state index in [0.717, 1.165) is 30.0 Å². The Morgan fingerprint density at radius 3 is 2.71 bits per heavy atom. The first-order valence-electron chi connectivity index (χ1n) is 10.1. The first-order valence-corrected chi connectivity index (χ1v) is 11.0. The van der Waals surface area contributed by atoms with Gasteiger partial charge in [0.05, 0.1) is 0 Å². The van der Waals surface area contributed by atoms with E-state index < -0.39 is 5.97 Å². The summed E-state index contributed by atoms with van der Waals surface area (Å²) in [4.78, 5) is 31.4. The molecule has 1 aliphatic carbocycles. The molecular weight excluding hydrogens is 372 g/mol. The predicted molar refractivity (Wildman–Crippen MR) is 109 cm³/mol. The highest BCUT2D eigenvalue weighted by Crippen LogP contribution is 2.35. The van der Waals surface area contributed by atoms with Crippen LogP contribution in [0.1, 0.15) is 54.6 Å². The van der Waals surface area contributed by atoms with Crippen LogP contribution in [-0.2, 0) is 9.53 Å². The van der Waals surface area contributed by atoms with Crippen molar-refractivity contribution >= 4 is 23.2 Å². The lowest BCUT2D eigenvalue weighted by Crippen LogP contribution is -2.50. The van der Waals surface area contributed by atoms with Crippen molar-refractivity contribution in [1.29, 1.82) is 0 Å². The molecule has 1 saturated carbocycles. The zero-order valence-corrected chi connectivity index (χ0v) is 17.0. The summed E-state index contributed by atoms with van der Waals surface area (Å²) in [5, 5.41) is 2.47. The molecule has 1 aromatic heterocycles. The van der Waals surface area contributed by atoms with Crippen molar-refractivity contribution in [3.63, 3.8) is 0 Å². The van der Waals surface area contributed by atoms with Gasteiger partial charge in [-0.3, -0.25) is 4.79 Å². The van der Waals surface area contributed by atoms with Gasteiger partial charge in [-0.15, -0.1) is 11.3 Å². The smallest absolute Gasteiger partial charge is 0.358 e. The Morgan fingerprint density at radius 2 is 1.89 bits per heavy atom. The van der Waals surface area contributed by atoms with Gasteiger partial charge in [-0.2, -0.15) is 0 Å². The third kappa shape index (κ3) is 4.12. The maximum absolute atomic E-state index is 12.7. The van der Waals surface area contributed by atoms with Crippen molar-refractivity contribution in [2.45, 2.75) is 51.5 Å². The maximum Gasteiger partial charge on any atom is 0.358 e. The lowest BCUT2D eigenvalue weighted by atomic mass is 9.78. The number of amides is 1. The number of aromatic nitrogens is 1. The number of thiazole rings is 1. The highest BCUT2D eigenvalue weighted by atomic mass is 32.1. The van der Waals surface area contributed by atoms with Gasteiger partial charge in [0.2, 0.25) is 0 Å². The molecule has 2 fully saturated rings. The number of carbonyl (C=O) groups excluding carboxylic acids is 2. The minimum Gasteiger partial charge on any atom is -0.451 e. The molecular formula is C22H26N2O3S. The molecule has 6 heteroatoms. The number of likely N-dealkylation sites (tertiary alicyclic amines) is 1. The monoisotopic (exact) mass is 398 g/mol. The van der Waals surface area contributed by atoms with E-state index in [1.54, 1.807) is 5.38 Å². The van der Waals surface area contributed by atoms with Crippen molar-refractivity contribution in [1.82, 2.24) is 9.88 Å². The summed E-state index contributed by atoms with van der Waals surface area (Å²) in [6.07, 6.45) is 7.02. The van der Waals surface area contributed by atoms with Crippen molar-refractivity contribution in [2.75, 3.05) is 13.2 Å². The molecule has 2 aromatic rings. The van der Waals surface area contributed by atoms with Gasteiger partial charge in [-0.25, -0.2) is 9.78 Å². The van der Waals surface area contributed by atoms with E-state index in [0.29, 0.717) is 12.0 Å². The second kappa shape index (κ2) is 8.43. The van der Waals surface area contributed by atoms with E-state index >= 15 is 0 Å². The Kier molecular flexibility index (Phi) is 5.76. The van der Waals surface area contributed by atoms with Crippen LogP contribution in [0, 0.1) is 12.8 Å². The quantitative estimate of drug-likeness (QED) is 0.714. The highest BCUT2D eigenvalue weighted by molar-refractivity contribution is 7.13. The number of piperidine rings is 1. The Hall–Kier alpha value is -2.21. The maximum atomic E-state index is 12.7. The molecule has 1 amide bonds. The highest BCUT2D eigenvalue weighted by Gasteiger charge is 2.35. The minimum absolute atomic E-state index is 0.0704. The number of nitrogens with zero attached hydrogens (tertiary/aromatic N) is 2. The lowest BCUT2D eigenvalue weighted by molar-refractivity contribution is -0.140. The summed E-state index contributed by atoms with van der Waals surface area (Å²) in [5.41, 5.74) is 2.42. The Morgan fingerprint density at radius 1 is 1.14 bits per heavy atom. The molecule has 2 aliphatic rings. The fraction of sp³-hybridized carbons (Fsp3) is 0.500. The molecule has 0 bridgehead atoms. The molecule has 2 atom stereocenters. The average Bonchev–Trinajstić information content (AvgIpc) is 3.22. The van der Waals surface area contributed by atoms with Gasteiger partial charge >= 0.3 is 5.97 Å². The van der Waals surface area contributed by atoms with Crippen molar-refractivity contribution in [3.05, 3.63) is 40.9 Å². The third-order valence-electron chi connectivity index (χ3n) is 5.90. The topological polar surface area (TPSA) is 59.5 Å². The van der Waals surface area contributed by atoms with Crippen LogP contribution in [0.4, 0.5) is 0 Å². The van der Waals surface area contributed by atoms with E-state index in [9.17, 15) is 9.59 Å². The normalized spacial score (nSPS) is 21.8. The number of esters is 1. The molecule has 0 radical (unpaired) electrons. The third-order valence-corrected chi connectivity index (χ3v) is 6.79. The van der Waals surface area contributed by atoms with Crippen LogP contribution in [0.2, 0.25) is 0 Å². The zero-order chi connectivity index (χ0) is 19.5. The molecule has 4 rings (SSSR count). The Bertz CT molecular complexity index is 844. The summed E-state index contributed by atoms with van der Waals surface area (Å²) in [6, 6.07) is 8.35. The number of hydrogen-bond acceptors (Lipinski definition) is 5. The van der Waals surface area contributed by atoms with Crippen LogP contribution in [0.15, 0.2) is 29.6 Å². The van der Waals surface area contributed by atoms with E-state index in [1.807, 2.05) is 36.1 Å². The standard InChI is InChI=1S/C22H26N2O3S/c1-15-8-10-17(11-9-15)21-23-18(14-28-21)22(26)27-13-20(25)24-12-4-6-16-5-2-3-7-19(16)24/h8-11,14,16,19H,2-7,12-13H2,1H3/t16-,19+/m0/s1.